The number of carboxylic acid groups (broad SMARTS) is 1. The van der Waals surface area contributed by atoms with Gasteiger partial charge in [-0.25, -0.2) is 9.59 Å². The minimum atomic E-state index is -1.18. The number of aliphatic carboxylic acids is 1. The van der Waals surface area contributed by atoms with E-state index < -0.39 is 18.1 Å². The highest BCUT2D eigenvalue weighted by molar-refractivity contribution is 5.79. The van der Waals surface area contributed by atoms with Gasteiger partial charge in [-0.05, 0) is 26.1 Å². The molecule has 0 bridgehead atoms. The Hall–Kier alpha value is -1.34. The maximum absolute atomic E-state index is 11.0. The van der Waals surface area contributed by atoms with Gasteiger partial charge in [-0.3, -0.25) is 0 Å². The number of hydrogen-bond donors (Lipinski definition) is 3. The summed E-state index contributed by atoms with van der Waals surface area (Å²) in [5.74, 6) is -1.18. The van der Waals surface area contributed by atoms with Gasteiger partial charge in [0, 0.05) is 13.0 Å². The van der Waals surface area contributed by atoms with E-state index in [2.05, 4.69) is 31.0 Å². The quantitative estimate of drug-likeness (QED) is 0.530. The number of nitrogens with zero attached hydrogens (tertiary/aromatic N) is 1. The number of nitrogens with one attached hydrogen (secondary N) is 1. The number of rotatable bonds is 10. The van der Waals surface area contributed by atoms with Crippen molar-refractivity contribution in [3.8, 4) is 0 Å². The van der Waals surface area contributed by atoms with Crippen LogP contribution in [0.4, 0.5) is 4.79 Å². The molecule has 0 aliphatic rings. The Morgan fingerprint density at radius 1 is 1.14 bits per heavy atom. The third kappa shape index (κ3) is 13.6. The molecule has 1 amide bonds. The van der Waals surface area contributed by atoms with Crippen molar-refractivity contribution in [2.24, 2.45) is 0 Å². The second kappa shape index (κ2) is 16.0. The standard InChI is InChI=1S/C9H17NO5.C6H15N/c1-2-3-6-15-9(14)10-7(4-5-11)8(12)13;1-4-7(5-2)6-3/h7,11H,2-6H2,1H3,(H,10,14)(H,12,13);4-6H2,1-3H3/t7-;/m0./s1. The van der Waals surface area contributed by atoms with Gasteiger partial charge in [0.1, 0.15) is 6.04 Å². The van der Waals surface area contributed by atoms with Crippen molar-refractivity contribution in [3.05, 3.63) is 0 Å². The van der Waals surface area contributed by atoms with E-state index in [1.54, 1.807) is 0 Å². The number of hydrogen-bond acceptors (Lipinski definition) is 5. The molecule has 0 aromatic rings. The third-order valence-electron chi connectivity index (χ3n) is 3.08. The number of carbonyl (C=O) groups is 2. The lowest BCUT2D eigenvalue weighted by atomic mass is 10.2. The van der Waals surface area contributed by atoms with Crippen LogP contribution in [0, 0.1) is 0 Å². The molecule has 0 saturated carbocycles. The largest absolute Gasteiger partial charge is 0.480 e. The van der Waals surface area contributed by atoms with Crippen molar-refractivity contribution in [3.63, 3.8) is 0 Å². The van der Waals surface area contributed by atoms with Gasteiger partial charge in [-0.1, -0.05) is 34.1 Å². The van der Waals surface area contributed by atoms with Gasteiger partial charge in [-0.2, -0.15) is 0 Å². The number of carboxylic acids is 1. The summed E-state index contributed by atoms with van der Waals surface area (Å²) in [6.45, 7) is 12.0. The number of carbonyl (C=O) groups excluding carboxylic acids is 1. The predicted octanol–water partition coefficient (Wildman–Crippen LogP) is 1.70. The zero-order chi connectivity index (χ0) is 17.4. The molecular formula is C15H32N2O5. The highest BCUT2D eigenvalue weighted by Gasteiger charge is 2.19. The van der Waals surface area contributed by atoms with E-state index in [9.17, 15) is 9.59 Å². The molecule has 7 nitrogen and oxygen atoms in total. The fraction of sp³-hybridized carbons (Fsp3) is 0.867. The lowest BCUT2D eigenvalue weighted by Crippen LogP contribution is -2.41. The molecule has 0 fully saturated rings. The molecule has 22 heavy (non-hydrogen) atoms. The molecule has 0 unspecified atom stereocenters. The molecule has 7 heteroatoms. The average molecular weight is 320 g/mol. The minimum Gasteiger partial charge on any atom is -0.480 e. The monoisotopic (exact) mass is 320 g/mol. The summed E-state index contributed by atoms with van der Waals surface area (Å²) in [6.07, 6.45) is 0.847. The van der Waals surface area contributed by atoms with Crippen LogP contribution in [-0.4, -0.2) is 66.1 Å². The summed E-state index contributed by atoms with van der Waals surface area (Å²) in [7, 11) is 0. The van der Waals surface area contributed by atoms with Crippen LogP contribution in [0.2, 0.25) is 0 Å². The highest BCUT2D eigenvalue weighted by Crippen LogP contribution is 1.94. The first-order chi connectivity index (χ1) is 10.5. The number of aliphatic hydroxyl groups is 1. The summed E-state index contributed by atoms with van der Waals surface area (Å²) >= 11 is 0. The van der Waals surface area contributed by atoms with Crippen molar-refractivity contribution in [1.82, 2.24) is 10.2 Å². The van der Waals surface area contributed by atoms with Crippen LogP contribution in [0.25, 0.3) is 0 Å². The first-order valence-electron chi connectivity index (χ1n) is 7.95. The Kier molecular flexibility index (Phi) is 16.7. The van der Waals surface area contributed by atoms with Crippen LogP contribution >= 0.6 is 0 Å². The molecule has 1 atom stereocenters. The maximum Gasteiger partial charge on any atom is 0.407 e. The zero-order valence-electron chi connectivity index (χ0n) is 14.3. The van der Waals surface area contributed by atoms with Gasteiger partial charge in [0.15, 0.2) is 0 Å². The van der Waals surface area contributed by atoms with E-state index in [1.807, 2.05) is 6.92 Å². The van der Waals surface area contributed by atoms with E-state index in [-0.39, 0.29) is 19.6 Å². The Morgan fingerprint density at radius 3 is 2.00 bits per heavy atom. The van der Waals surface area contributed by atoms with Gasteiger partial charge in [0.25, 0.3) is 0 Å². The highest BCUT2D eigenvalue weighted by atomic mass is 16.5. The molecule has 0 aromatic heterocycles. The van der Waals surface area contributed by atoms with Crippen LogP contribution < -0.4 is 5.32 Å². The topological polar surface area (TPSA) is 99.1 Å². The number of unbranched alkanes of at least 4 members (excludes halogenated alkanes) is 1. The SMILES string of the molecule is CCCCOC(=O)N[C@@H](CCO)C(=O)O.CCN(CC)CC. The van der Waals surface area contributed by atoms with Crippen molar-refractivity contribution in [2.45, 2.75) is 53.0 Å². The van der Waals surface area contributed by atoms with Crippen LogP contribution in [0.1, 0.15) is 47.0 Å². The Labute approximate surface area is 133 Å². The molecular weight excluding hydrogens is 288 g/mol. The van der Waals surface area contributed by atoms with Crippen molar-refractivity contribution in [1.29, 1.82) is 0 Å². The number of ether oxygens (including phenoxy) is 1. The second-order valence-corrected chi connectivity index (χ2v) is 4.66. The first kappa shape index (κ1) is 22.9. The minimum absolute atomic E-state index is 0.0296. The van der Waals surface area contributed by atoms with E-state index >= 15 is 0 Å². The summed E-state index contributed by atoms with van der Waals surface area (Å²) < 4.78 is 4.71. The van der Waals surface area contributed by atoms with Gasteiger partial charge < -0.3 is 25.2 Å². The Balaban J connectivity index is 0. The van der Waals surface area contributed by atoms with E-state index in [1.165, 1.54) is 19.6 Å². The molecule has 0 saturated heterocycles. The molecule has 0 radical (unpaired) electrons. The fourth-order valence-electron chi connectivity index (χ4n) is 1.55. The van der Waals surface area contributed by atoms with Gasteiger partial charge in [0.05, 0.1) is 6.61 Å². The van der Waals surface area contributed by atoms with Gasteiger partial charge in [0.2, 0.25) is 0 Å². The van der Waals surface area contributed by atoms with E-state index in [0.717, 1.165) is 12.8 Å². The predicted molar refractivity (Wildman–Crippen MR) is 86.0 cm³/mol. The van der Waals surface area contributed by atoms with Crippen LogP contribution in [-0.2, 0) is 9.53 Å². The average Bonchev–Trinajstić information content (AvgIpc) is 2.49. The lowest BCUT2D eigenvalue weighted by molar-refractivity contribution is -0.139. The van der Waals surface area contributed by atoms with Gasteiger partial charge in [-0.15, -0.1) is 0 Å². The van der Waals surface area contributed by atoms with Crippen molar-refractivity contribution >= 4 is 12.1 Å². The molecule has 0 aliphatic carbocycles. The molecule has 132 valence electrons. The number of amides is 1. The smallest absolute Gasteiger partial charge is 0.407 e. The third-order valence-corrected chi connectivity index (χ3v) is 3.08. The van der Waals surface area contributed by atoms with Gasteiger partial charge >= 0.3 is 12.1 Å². The number of alkyl carbamates (subject to hydrolysis) is 1. The van der Waals surface area contributed by atoms with Crippen LogP contribution in [0.15, 0.2) is 0 Å². The molecule has 0 aliphatic heterocycles. The lowest BCUT2D eigenvalue weighted by Gasteiger charge is -2.13. The van der Waals surface area contributed by atoms with E-state index in [4.69, 9.17) is 14.9 Å². The van der Waals surface area contributed by atoms with Crippen molar-refractivity contribution < 1.29 is 24.5 Å². The molecule has 0 heterocycles. The normalized spacial score (nSPS) is 11.4. The number of aliphatic hydroxyl groups excluding tert-OH is 1. The molecule has 0 aromatic carbocycles. The van der Waals surface area contributed by atoms with Crippen molar-refractivity contribution in [2.75, 3.05) is 32.8 Å². The summed E-state index contributed by atoms with van der Waals surface area (Å²) in [4.78, 5) is 24.0. The summed E-state index contributed by atoms with van der Waals surface area (Å²) in [5.41, 5.74) is 0. The molecule has 0 spiro atoms. The second-order valence-electron chi connectivity index (χ2n) is 4.66. The first-order valence-corrected chi connectivity index (χ1v) is 7.95. The molecule has 3 N–H and O–H groups in total. The van der Waals surface area contributed by atoms with Crippen LogP contribution in [0.5, 0.6) is 0 Å². The Morgan fingerprint density at radius 2 is 1.68 bits per heavy atom. The fourth-order valence-corrected chi connectivity index (χ4v) is 1.55. The van der Waals surface area contributed by atoms with Crippen LogP contribution in [0.3, 0.4) is 0 Å². The Bertz CT molecular complexity index is 278. The zero-order valence-corrected chi connectivity index (χ0v) is 14.3. The molecule has 0 rings (SSSR count). The summed E-state index contributed by atoms with van der Waals surface area (Å²) in [5, 5.41) is 19.4. The summed E-state index contributed by atoms with van der Waals surface area (Å²) in [6, 6.07) is -1.09. The maximum atomic E-state index is 11.0. The van der Waals surface area contributed by atoms with E-state index in [0.29, 0.717) is 0 Å².